The average Bonchev–Trinajstić information content (AvgIpc) is 2.72. The molecule has 1 unspecified atom stereocenters. The highest BCUT2D eigenvalue weighted by Crippen LogP contribution is 2.26. The summed E-state index contributed by atoms with van der Waals surface area (Å²) in [7, 11) is 0. The van der Waals surface area contributed by atoms with Crippen molar-refractivity contribution in [2.24, 2.45) is 5.92 Å². The van der Waals surface area contributed by atoms with Crippen LogP contribution in [0.15, 0.2) is 22.8 Å². The Hall–Kier alpha value is -1.30. The smallest absolute Gasteiger partial charge is 0.0228 e. The Bertz CT molecular complexity index is 533. The molecule has 0 bridgehead atoms. The van der Waals surface area contributed by atoms with Gasteiger partial charge in [-0.3, -0.25) is 0 Å². The van der Waals surface area contributed by atoms with Crippen molar-refractivity contribution in [2.45, 2.75) is 95.9 Å². The summed E-state index contributed by atoms with van der Waals surface area (Å²) in [6.07, 6.45) is 4.94. The van der Waals surface area contributed by atoms with Crippen molar-refractivity contribution in [3.05, 3.63) is 56.2 Å². The maximum Gasteiger partial charge on any atom is -0.0228 e. The van der Waals surface area contributed by atoms with Crippen molar-refractivity contribution in [1.82, 2.24) is 0 Å². The first-order valence-electron chi connectivity index (χ1n) is 9.96. The lowest BCUT2D eigenvalue weighted by Crippen LogP contribution is -1.98. The quantitative estimate of drug-likeness (QED) is 0.445. The van der Waals surface area contributed by atoms with E-state index in [-0.39, 0.29) is 0 Å². The molecule has 0 heteroatoms. The van der Waals surface area contributed by atoms with Crippen LogP contribution >= 0.6 is 0 Å². The molecule has 1 atom stereocenters. The summed E-state index contributed by atoms with van der Waals surface area (Å²) in [5.74, 6) is 0.780. The molecule has 0 aromatic heterocycles. The van der Waals surface area contributed by atoms with Gasteiger partial charge in [0, 0.05) is 0 Å². The van der Waals surface area contributed by atoms with Crippen molar-refractivity contribution in [2.75, 3.05) is 0 Å². The number of allylic oxidation sites excluding steroid dienone is 4. The second-order valence-electron chi connectivity index (χ2n) is 7.54. The first-order chi connectivity index (χ1) is 11.6. The van der Waals surface area contributed by atoms with Gasteiger partial charge in [-0.15, -0.1) is 0 Å². The van der Waals surface area contributed by atoms with Gasteiger partial charge < -0.3 is 0 Å². The molecule has 0 heterocycles. The molecule has 0 N–H and O–H groups in total. The molecule has 0 nitrogen and oxygen atoms in total. The fourth-order valence-corrected chi connectivity index (χ4v) is 3.15. The molecule has 0 aliphatic heterocycles. The van der Waals surface area contributed by atoms with Crippen LogP contribution < -0.4 is 0 Å². The Morgan fingerprint density at radius 2 is 0.960 bits per heavy atom. The van der Waals surface area contributed by atoms with E-state index in [0.717, 1.165) is 5.92 Å². The van der Waals surface area contributed by atoms with Gasteiger partial charge >= 0.3 is 0 Å². The van der Waals surface area contributed by atoms with Gasteiger partial charge in [0.05, 0.1) is 0 Å². The van der Waals surface area contributed by atoms with Gasteiger partial charge in [-0.05, 0) is 114 Å². The number of hydrogen-bond acceptors (Lipinski definition) is 0. The Morgan fingerprint density at radius 1 is 0.640 bits per heavy atom. The topological polar surface area (TPSA) is 0 Å². The number of benzene rings is 1. The summed E-state index contributed by atoms with van der Waals surface area (Å²) in [5.41, 5.74) is 13.3. The predicted molar refractivity (Wildman–Crippen MR) is 117 cm³/mol. The Labute approximate surface area is 158 Å². The molecule has 0 saturated carbocycles. The minimum Gasteiger partial charge on any atom is -0.0704 e. The molecule has 1 aliphatic carbocycles. The van der Waals surface area contributed by atoms with E-state index >= 15 is 0 Å². The molecular formula is C25H42. The SMILES string of the molecule is CC.CC1=CC(C)=C(C)CCC1C.Cc1c(C)c(C)c(C)c(C)c1C. The summed E-state index contributed by atoms with van der Waals surface area (Å²) >= 11 is 0. The van der Waals surface area contributed by atoms with Crippen molar-refractivity contribution in [3.8, 4) is 0 Å². The molecule has 0 saturated heterocycles. The van der Waals surface area contributed by atoms with E-state index in [9.17, 15) is 0 Å². The highest BCUT2D eigenvalue weighted by Gasteiger charge is 2.09. The van der Waals surface area contributed by atoms with Gasteiger partial charge in [-0.1, -0.05) is 43.6 Å². The fraction of sp³-hybridized carbons (Fsp3) is 0.600. The van der Waals surface area contributed by atoms with Gasteiger partial charge in [-0.25, -0.2) is 0 Å². The Balaban J connectivity index is 0.000000421. The van der Waals surface area contributed by atoms with E-state index in [4.69, 9.17) is 0 Å². The fourth-order valence-electron chi connectivity index (χ4n) is 3.15. The van der Waals surface area contributed by atoms with E-state index in [1.807, 2.05) is 13.8 Å². The van der Waals surface area contributed by atoms with Crippen molar-refractivity contribution in [1.29, 1.82) is 0 Å². The Morgan fingerprint density at radius 3 is 1.28 bits per heavy atom. The lowest BCUT2D eigenvalue weighted by Gasteiger charge is -2.15. The highest BCUT2D eigenvalue weighted by atomic mass is 14.2. The molecular weight excluding hydrogens is 300 g/mol. The molecule has 0 spiro atoms. The van der Waals surface area contributed by atoms with E-state index in [1.165, 1.54) is 51.8 Å². The van der Waals surface area contributed by atoms with Crippen molar-refractivity contribution in [3.63, 3.8) is 0 Å². The van der Waals surface area contributed by atoms with Gasteiger partial charge in [0.15, 0.2) is 0 Å². The normalized spacial score (nSPS) is 17.0. The summed E-state index contributed by atoms with van der Waals surface area (Å²) < 4.78 is 0. The molecule has 1 aromatic rings. The van der Waals surface area contributed by atoms with Crippen LogP contribution in [0.3, 0.4) is 0 Å². The van der Waals surface area contributed by atoms with Crippen LogP contribution in [0.5, 0.6) is 0 Å². The largest absolute Gasteiger partial charge is 0.0704 e. The molecule has 142 valence electrons. The predicted octanol–water partition coefficient (Wildman–Crippen LogP) is 8.26. The molecule has 0 amide bonds. The summed E-state index contributed by atoms with van der Waals surface area (Å²) in [4.78, 5) is 0. The summed E-state index contributed by atoms with van der Waals surface area (Å²) in [6, 6.07) is 0. The average molecular weight is 343 g/mol. The van der Waals surface area contributed by atoms with Crippen LogP contribution in [0.1, 0.15) is 87.8 Å². The number of rotatable bonds is 0. The maximum absolute atomic E-state index is 2.34. The van der Waals surface area contributed by atoms with E-state index in [0.29, 0.717) is 0 Å². The van der Waals surface area contributed by atoms with E-state index in [2.05, 4.69) is 75.3 Å². The monoisotopic (exact) mass is 342 g/mol. The third-order valence-corrected chi connectivity index (χ3v) is 6.22. The molecule has 2 rings (SSSR count). The van der Waals surface area contributed by atoms with Crippen LogP contribution in [0.4, 0.5) is 0 Å². The minimum absolute atomic E-state index is 0.780. The first kappa shape index (κ1) is 23.7. The molecule has 1 aliphatic rings. The zero-order valence-electron chi connectivity index (χ0n) is 19.1. The molecule has 0 fully saturated rings. The van der Waals surface area contributed by atoms with Crippen molar-refractivity contribution >= 4 is 0 Å². The van der Waals surface area contributed by atoms with Crippen LogP contribution in [-0.2, 0) is 0 Å². The molecule has 1 aromatic carbocycles. The van der Waals surface area contributed by atoms with Crippen LogP contribution in [0.2, 0.25) is 0 Å². The standard InChI is InChI=1S/C12H18.C11H18.C2H6/c1-7-8(2)10(4)12(6)11(5)9(7)3;1-8-5-6-9(2)11(4)7-10(8)3;1-2/h1-6H3;7-8H,5-6H2,1-4H3;1-2H3. The highest BCUT2D eigenvalue weighted by molar-refractivity contribution is 5.48. The third kappa shape index (κ3) is 6.17. The van der Waals surface area contributed by atoms with Crippen LogP contribution in [0, 0.1) is 47.5 Å². The lowest BCUT2D eigenvalue weighted by molar-refractivity contribution is 0.617. The minimum atomic E-state index is 0.780. The lowest BCUT2D eigenvalue weighted by atomic mass is 9.90. The van der Waals surface area contributed by atoms with Gasteiger partial charge in [0.2, 0.25) is 0 Å². The second-order valence-corrected chi connectivity index (χ2v) is 7.54. The summed E-state index contributed by atoms with van der Waals surface area (Å²) in [6.45, 7) is 26.3. The van der Waals surface area contributed by atoms with Gasteiger partial charge in [0.1, 0.15) is 0 Å². The molecule has 25 heavy (non-hydrogen) atoms. The van der Waals surface area contributed by atoms with Crippen LogP contribution in [-0.4, -0.2) is 0 Å². The van der Waals surface area contributed by atoms with Crippen molar-refractivity contribution < 1.29 is 0 Å². The number of hydrogen-bond donors (Lipinski definition) is 0. The Kier molecular flexibility index (Phi) is 10.1. The second kappa shape index (κ2) is 10.6. The van der Waals surface area contributed by atoms with Gasteiger partial charge in [0.25, 0.3) is 0 Å². The van der Waals surface area contributed by atoms with E-state index in [1.54, 1.807) is 11.1 Å². The zero-order chi connectivity index (χ0) is 19.9. The molecule has 0 radical (unpaired) electrons. The van der Waals surface area contributed by atoms with Gasteiger partial charge in [-0.2, -0.15) is 0 Å². The third-order valence-electron chi connectivity index (χ3n) is 6.22. The maximum atomic E-state index is 2.34. The summed E-state index contributed by atoms with van der Waals surface area (Å²) in [5, 5.41) is 0. The first-order valence-corrected chi connectivity index (χ1v) is 9.96. The zero-order valence-corrected chi connectivity index (χ0v) is 19.1. The van der Waals surface area contributed by atoms with E-state index < -0.39 is 0 Å². The van der Waals surface area contributed by atoms with Crippen LogP contribution in [0.25, 0.3) is 0 Å².